The molecule has 23 heavy (non-hydrogen) atoms. The highest BCUT2D eigenvalue weighted by molar-refractivity contribution is 5.98. The van der Waals surface area contributed by atoms with E-state index in [9.17, 15) is 4.79 Å². The minimum absolute atomic E-state index is 0.0871. The zero-order valence-corrected chi connectivity index (χ0v) is 13.3. The Kier molecular flexibility index (Phi) is 4.48. The number of nitrogens with zero attached hydrogens (tertiary/aromatic N) is 1. The predicted molar refractivity (Wildman–Crippen MR) is 89.3 cm³/mol. The molecule has 0 saturated heterocycles. The molecule has 0 aliphatic carbocycles. The number of fused-ring (bicyclic) bond motifs is 1. The molecule has 0 spiro atoms. The summed E-state index contributed by atoms with van der Waals surface area (Å²) >= 11 is 0. The van der Waals surface area contributed by atoms with Crippen LogP contribution < -0.4 is 10.1 Å². The van der Waals surface area contributed by atoms with Gasteiger partial charge < -0.3 is 19.7 Å². The smallest absolute Gasteiger partial charge is 0.254 e. The first kappa shape index (κ1) is 15.4. The van der Waals surface area contributed by atoms with Crippen LogP contribution in [-0.4, -0.2) is 38.2 Å². The standard InChI is InChI=1S/C18H20N2O3/c1-20-12-13-11-15(5-8-17(13)18(20)21)19-14-3-6-16(7-4-14)23-10-9-22-2/h3-8,11,19H,9-10,12H2,1-2H3. The SMILES string of the molecule is COCCOc1ccc(Nc2ccc3c(c2)CN(C)C3=O)cc1. The lowest BCUT2D eigenvalue weighted by molar-refractivity contribution is 0.0816. The van der Waals surface area contributed by atoms with Crippen LogP contribution in [0.5, 0.6) is 5.75 Å². The highest BCUT2D eigenvalue weighted by Gasteiger charge is 2.24. The number of amides is 1. The molecule has 1 aliphatic rings. The van der Waals surface area contributed by atoms with Crippen LogP contribution in [0.15, 0.2) is 42.5 Å². The Bertz CT molecular complexity index is 698. The molecular formula is C18H20N2O3. The molecule has 120 valence electrons. The number of carbonyl (C=O) groups is 1. The highest BCUT2D eigenvalue weighted by atomic mass is 16.5. The average molecular weight is 312 g/mol. The molecule has 0 radical (unpaired) electrons. The summed E-state index contributed by atoms with van der Waals surface area (Å²) in [6.45, 7) is 1.77. The maximum absolute atomic E-state index is 11.9. The van der Waals surface area contributed by atoms with Crippen molar-refractivity contribution in [3.05, 3.63) is 53.6 Å². The summed E-state index contributed by atoms with van der Waals surface area (Å²) in [5, 5.41) is 3.35. The Morgan fingerprint density at radius 3 is 2.57 bits per heavy atom. The van der Waals surface area contributed by atoms with E-state index >= 15 is 0 Å². The number of benzene rings is 2. The van der Waals surface area contributed by atoms with Crippen LogP contribution in [0.4, 0.5) is 11.4 Å². The van der Waals surface area contributed by atoms with Gasteiger partial charge in [0.2, 0.25) is 0 Å². The number of ether oxygens (including phenoxy) is 2. The minimum Gasteiger partial charge on any atom is -0.491 e. The molecule has 0 unspecified atom stereocenters. The third-order valence-corrected chi connectivity index (χ3v) is 3.79. The summed E-state index contributed by atoms with van der Waals surface area (Å²) in [6, 6.07) is 13.6. The first-order chi connectivity index (χ1) is 11.2. The van der Waals surface area contributed by atoms with Gasteiger partial charge in [0.15, 0.2) is 0 Å². The Hall–Kier alpha value is -2.53. The van der Waals surface area contributed by atoms with E-state index in [1.807, 2.05) is 49.5 Å². The number of hydrogen-bond acceptors (Lipinski definition) is 4. The quantitative estimate of drug-likeness (QED) is 0.833. The minimum atomic E-state index is 0.0871. The summed E-state index contributed by atoms with van der Waals surface area (Å²) in [7, 11) is 3.47. The van der Waals surface area contributed by atoms with Crippen LogP contribution in [0.1, 0.15) is 15.9 Å². The van der Waals surface area contributed by atoms with Gasteiger partial charge in [-0.15, -0.1) is 0 Å². The van der Waals surface area contributed by atoms with Crippen molar-refractivity contribution in [1.29, 1.82) is 0 Å². The molecule has 0 bridgehead atoms. The van der Waals surface area contributed by atoms with Crippen molar-refractivity contribution in [2.45, 2.75) is 6.54 Å². The van der Waals surface area contributed by atoms with Gasteiger partial charge in [0.25, 0.3) is 5.91 Å². The molecule has 5 nitrogen and oxygen atoms in total. The van der Waals surface area contributed by atoms with Gasteiger partial charge in [-0.3, -0.25) is 4.79 Å². The van der Waals surface area contributed by atoms with Crippen LogP contribution in [0, 0.1) is 0 Å². The van der Waals surface area contributed by atoms with E-state index in [1.165, 1.54) is 0 Å². The topological polar surface area (TPSA) is 50.8 Å². The molecule has 0 saturated carbocycles. The zero-order valence-electron chi connectivity index (χ0n) is 13.3. The number of hydrogen-bond donors (Lipinski definition) is 1. The molecule has 3 rings (SSSR count). The van der Waals surface area contributed by atoms with Gasteiger partial charge in [-0.1, -0.05) is 0 Å². The summed E-state index contributed by atoms with van der Waals surface area (Å²) in [5.41, 5.74) is 3.79. The summed E-state index contributed by atoms with van der Waals surface area (Å²) in [6.07, 6.45) is 0. The summed E-state index contributed by atoms with van der Waals surface area (Å²) < 4.78 is 10.5. The number of nitrogens with one attached hydrogen (secondary N) is 1. The maximum atomic E-state index is 11.9. The summed E-state index contributed by atoms with van der Waals surface area (Å²) in [4.78, 5) is 13.6. The van der Waals surface area contributed by atoms with Crippen molar-refractivity contribution in [1.82, 2.24) is 4.90 Å². The van der Waals surface area contributed by atoms with Gasteiger partial charge in [0.1, 0.15) is 12.4 Å². The maximum Gasteiger partial charge on any atom is 0.254 e. The van der Waals surface area contributed by atoms with Gasteiger partial charge in [-0.2, -0.15) is 0 Å². The van der Waals surface area contributed by atoms with E-state index < -0.39 is 0 Å². The number of methoxy groups -OCH3 is 1. The predicted octanol–water partition coefficient (Wildman–Crippen LogP) is 3.04. The molecule has 2 aromatic carbocycles. The second-order valence-electron chi connectivity index (χ2n) is 5.52. The lowest BCUT2D eigenvalue weighted by Gasteiger charge is -2.09. The van der Waals surface area contributed by atoms with Crippen molar-refractivity contribution in [3.63, 3.8) is 0 Å². The van der Waals surface area contributed by atoms with Crippen molar-refractivity contribution in [2.24, 2.45) is 0 Å². The van der Waals surface area contributed by atoms with Gasteiger partial charge in [-0.25, -0.2) is 0 Å². The first-order valence-corrected chi connectivity index (χ1v) is 7.54. The van der Waals surface area contributed by atoms with Gasteiger partial charge >= 0.3 is 0 Å². The van der Waals surface area contributed by atoms with E-state index in [4.69, 9.17) is 9.47 Å². The normalized spacial score (nSPS) is 13.1. The number of carbonyl (C=O) groups excluding carboxylic acids is 1. The van der Waals surface area contributed by atoms with E-state index in [0.717, 1.165) is 28.3 Å². The molecule has 0 fully saturated rings. The molecule has 1 N–H and O–H groups in total. The first-order valence-electron chi connectivity index (χ1n) is 7.54. The molecule has 0 aromatic heterocycles. The van der Waals surface area contributed by atoms with Crippen molar-refractivity contribution in [2.75, 3.05) is 32.7 Å². The molecule has 2 aromatic rings. The van der Waals surface area contributed by atoms with Gasteiger partial charge in [-0.05, 0) is 48.0 Å². The van der Waals surface area contributed by atoms with E-state index in [1.54, 1.807) is 12.0 Å². The van der Waals surface area contributed by atoms with Crippen molar-refractivity contribution in [3.8, 4) is 5.75 Å². The molecule has 1 amide bonds. The molecule has 5 heteroatoms. The fourth-order valence-electron chi connectivity index (χ4n) is 2.59. The van der Waals surface area contributed by atoms with Crippen molar-refractivity contribution >= 4 is 17.3 Å². The monoisotopic (exact) mass is 312 g/mol. The number of anilines is 2. The second kappa shape index (κ2) is 6.71. The van der Waals surface area contributed by atoms with E-state index in [-0.39, 0.29) is 5.91 Å². The Labute approximate surface area is 135 Å². The third-order valence-electron chi connectivity index (χ3n) is 3.79. The largest absolute Gasteiger partial charge is 0.491 e. The Morgan fingerprint density at radius 2 is 1.83 bits per heavy atom. The van der Waals surface area contributed by atoms with E-state index in [0.29, 0.717) is 19.8 Å². The van der Waals surface area contributed by atoms with Crippen LogP contribution in [0.2, 0.25) is 0 Å². The van der Waals surface area contributed by atoms with Gasteiger partial charge in [0, 0.05) is 37.6 Å². The van der Waals surface area contributed by atoms with Crippen LogP contribution in [0.3, 0.4) is 0 Å². The van der Waals surface area contributed by atoms with Gasteiger partial charge in [0.05, 0.1) is 6.61 Å². The second-order valence-corrected chi connectivity index (χ2v) is 5.52. The fourth-order valence-corrected chi connectivity index (χ4v) is 2.59. The third kappa shape index (κ3) is 3.46. The van der Waals surface area contributed by atoms with Crippen LogP contribution >= 0.6 is 0 Å². The lowest BCUT2D eigenvalue weighted by Crippen LogP contribution is -2.17. The van der Waals surface area contributed by atoms with Crippen LogP contribution in [-0.2, 0) is 11.3 Å². The van der Waals surface area contributed by atoms with Crippen molar-refractivity contribution < 1.29 is 14.3 Å². The number of rotatable bonds is 6. The molecule has 0 atom stereocenters. The molecule has 1 aliphatic heterocycles. The zero-order chi connectivity index (χ0) is 16.2. The average Bonchev–Trinajstić information content (AvgIpc) is 2.83. The lowest BCUT2D eigenvalue weighted by atomic mass is 10.1. The Balaban J connectivity index is 1.66. The molecule has 1 heterocycles. The Morgan fingerprint density at radius 1 is 1.09 bits per heavy atom. The molecular weight excluding hydrogens is 292 g/mol. The highest BCUT2D eigenvalue weighted by Crippen LogP contribution is 2.27. The summed E-state index contributed by atoms with van der Waals surface area (Å²) in [5.74, 6) is 0.901. The fraction of sp³-hybridized carbons (Fsp3) is 0.278. The van der Waals surface area contributed by atoms with Crippen LogP contribution in [0.25, 0.3) is 0 Å². The van der Waals surface area contributed by atoms with E-state index in [2.05, 4.69) is 5.32 Å².